The molecule has 20 heavy (non-hydrogen) atoms. The number of amides is 1. The predicted molar refractivity (Wildman–Crippen MR) is 79.4 cm³/mol. The van der Waals surface area contributed by atoms with E-state index >= 15 is 0 Å². The Bertz CT molecular complexity index is 586. The molecule has 0 aliphatic rings. The van der Waals surface area contributed by atoms with Gasteiger partial charge in [-0.05, 0) is 30.2 Å². The zero-order chi connectivity index (χ0) is 14.5. The summed E-state index contributed by atoms with van der Waals surface area (Å²) >= 11 is 5.85. The largest absolute Gasteiger partial charge is 0.378 e. The molecule has 2 N–H and O–H groups in total. The van der Waals surface area contributed by atoms with Crippen molar-refractivity contribution in [3.8, 4) is 0 Å². The minimum Gasteiger partial charge on any atom is -0.378 e. The number of benzene rings is 2. The Labute approximate surface area is 123 Å². The Morgan fingerprint density at radius 3 is 2.40 bits per heavy atom. The smallest absolute Gasteiger partial charge is 0.253 e. The van der Waals surface area contributed by atoms with Gasteiger partial charge in [0.1, 0.15) is 0 Å². The van der Waals surface area contributed by atoms with E-state index in [0.717, 1.165) is 5.56 Å². The van der Waals surface area contributed by atoms with E-state index in [4.69, 9.17) is 11.6 Å². The average Bonchev–Trinajstić information content (AvgIpc) is 2.47. The molecule has 0 saturated heterocycles. The van der Waals surface area contributed by atoms with E-state index in [2.05, 4.69) is 5.32 Å². The van der Waals surface area contributed by atoms with Gasteiger partial charge < -0.3 is 10.4 Å². The lowest BCUT2D eigenvalue weighted by molar-refractivity contribution is -0.130. The lowest BCUT2D eigenvalue weighted by atomic mass is 10.1. The Hall–Kier alpha value is -1.84. The summed E-state index contributed by atoms with van der Waals surface area (Å²) < 4.78 is 0. The van der Waals surface area contributed by atoms with Crippen LogP contribution in [-0.4, -0.2) is 11.0 Å². The molecule has 0 saturated carbocycles. The highest BCUT2D eigenvalue weighted by atomic mass is 35.5. The molecule has 2 aromatic carbocycles. The van der Waals surface area contributed by atoms with Crippen LogP contribution in [0.1, 0.15) is 30.2 Å². The minimum atomic E-state index is -1.22. The second kappa shape index (κ2) is 6.55. The third-order valence-corrected chi connectivity index (χ3v) is 3.31. The van der Waals surface area contributed by atoms with E-state index < -0.39 is 12.0 Å². The van der Waals surface area contributed by atoms with E-state index in [1.165, 1.54) is 0 Å². The average molecular weight is 290 g/mol. The van der Waals surface area contributed by atoms with Gasteiger partial charge in [-0.3, -0.25) is 4.79 Å². The number of halogens is 1. The number of rotatable bonds is 4. The van der Waals surface area contributed by atoms with Gasteiger partial charge in [-0.15, -0.1) is 0 Å². The lowest BCUT2D eigenvalue weighted by Gasteiger charge is -2.17. The van der Waals surface area contributed by atoms with Crippen molar-refractivity contribution in [2.45, 2.75) is 19.1 Å². The SMILES string of the molecule is CC(NC(=O)C(O)c1cccc(Cl)c1)c1ccccc1. The maximum absolute atomic E-state index is 12.0. The van der Waals surface area contributed by atoms with Gasteiger partial charge >= 0.3 is 0 Å². The molecule has 0 radical (unpaired) electrons. The summed E-state index contributed by atoms with van der Waals surface area (Å²) in [5, 5.41) is 13.3. The second-order valence-corrected chi connectivity index (χ2v) is 5.03. The third-order valence-electron chi connectivity index (χ3n) is 3.07. The molecule has 0 fully saturated rings. The standard InChI is InChI=1S/C16H16ClNO2/c1-11(12-6-3-2-4-7-12)18-16(20)15(19)13-8-5-9-14(17)10-13/h2-11,15,19H,1H3,(H,18,20). The van der Waals surface area contributed by atoms with Crippen molar-refractivity contribution in [3.05, 3.63) is 70.7 Å². The maximum Gasteiger partial charge on any atom is 0.253 e. The zero-order valence-electron chi connectivity index (χ0n) is 11.1. The highest BCUT2D eigenvalue weighted by molar-refractivity contribution is 6.30. The maximum atomic E-state index is 12.0. The highest BCUT2D eigenvalue weighted by Crippen LogP contribution is 2.19. The number of aliphatic hydroxyl groups excluding tert-OH is 1. The van der Waals surface area contributed by atoms with Crippen LogP contribution in [0.3, 0.4) is 0 Å². The first kappa shape index (κ1) is 14.6. The van der Waals surface area contributed by atoms with E-state index in [9.17, 15) is 9.90 Å². The molecular weight excluding hydrogens is 274 g/mol. The fourth-order valence-electron chi connectivity index (χ4n) is 1.95. The molecule has 2 atom stereocenters. The van der Waals surface area contributed by atoms with Gasteiger partial charge in [-0.25, -0.2) is 0 Å². The van der Waals surface area contributed by atoms with Gasteiger partial charge in [-0.2, -0.15) is 0 Å². The van der Waals surface area contributed by atoms with Crippen LogP contribution in [-0.2, 0) is 4.79 Å². The van der Waals surface area contributed by atoms with Crippen molar-refractivity contribution in [1.82, 2.24) is 5.32 Å². The highest BCUT2D eigenvalue weighted by Gasteiger charge is 2.19. The number of hydrogen-bond donors (Lipinski definition) is 2. The van der Waals surface area contributed by atoms with Crippen LogP contribution in [0, 0.1) is 0 Å². The van der Waals surface area contributed by atoms with Crippen molar-refractivity contribution in [3.63, 3.8) is 0 Å². The van der Waals surface area contributed by atoms with E-state index in [-0.39, 0.29) is 6.04 Å². The van der Waals surface area contributed by atoms with Gasteiger partial charge in [0.2, 0.25) is 0 Å². The Morgan fingerprint density at radius 1 is 1.10 bits per heavy atom. The molecule has 0 aliphatic heterocycles. The molecule has 0 spiro atoms. The van der Waals surface area contributed by atoms with Gasteiger partial charge in [-0.1, -0.05) is 54.1 Å². The fraction of sp³-hybridized carbons (Fsp3) is 0.188. The predicted octanol–water partition coefficient (Wildman–Crippen LogP) is 3.25. The van der Waals surface area contributed by atoms with E-state index in [1.54, 1.807) is 24.3 Å². The van der Waals surface area contributed by atoms with Crippen LogP contribution in [0.4, 0.5) is 0 Å². The summed E-state index contributed by atoms with van der Waals surface area (Å²) in [6.07, 6.45) is -1.22. The van der Waals surface area contributed by atoms with Crippen LogP contribution in [0.2, 0.25) is 5.02 Å². The molecule has 1 amide bonds. The molecule has 0 bridgehead atoms. The summed E-state index contributed by atoms with van der Waals surface area (Å²) in [4.78, 5) is 12.0. The summed E-state index contributed by atoms with van der Waals surface area (Å²) in [5.41, 5.74) is 1.47. The second-order valence-electron chi connectivity index (χ2n) is 4.60. The van der Waals surface area contributed by atoms with E-state index in [1.807, 2.05) is 37.3 Å². The summed E-state index contributed by atoms with van der Waals surface area (Å²) in [6.45, 7) is 1.87. The van der Waals surface area contributed by atoms with Crippen molar-refractivity contribution in [1.29, 1.82) is 0 Å². The van der Waals surface area contributed by atoms with E-state index in [0.29, 0.717) is 10.6 Å². The Balaban J connectivity index is 2.05. The van der Waals surface area contributed by atoms with Gasteiger partial charge in [0.05, 0.1) is 6.04 Å². The Morgan fingerprint density at radius 2 is 1.75 bits per heavy atom. The molecule has 2 aromatic rings. The van der Waals surface area contributed by atoms with Crippen molar-refractivity contribution < 1.29 is 9.90 Å². The lowest BCUT2D eigenvalue weighted by Crippen LogP contribution is -2.31. The van der Waals surface area contributed by atoms with Gasteiger partial charge in [0.15, 0.2) is 6.10 Å². The quantitative estimate of drug-likeness (QED) is 0.908. The molecular formula is C16H16ClNO2. The molecule has 4 heteroatoms. The van der Waals surface area contributed by atoms with Gasteiger partial charge in [0.25, 0.3) is 5.91 Å². The molecule has 104 valence electrons. The van der Waals surface area contributed by atoms with Crippen LogP contribution in [0.5, 0.6) is 0 Å². The summed E-state index contributed by atoms with van der Waals surface area (Å²) in [6, 6.07) is 16.1. The first-order chi connectivity index (χ1) is 9.58. The number of hydrogen-bond acceptors (Lipinski definition) is 2. The number of aliphatic hydroxyl groups is 1. The normalized spacial score (nSPS) is 13.6. The van der Waals surface area contributed by atoms with Crippen molar-refractivity contribution in [2.24, 2.45) is 0 Å². The number of nitrogens with one attached hydrogen (secondary N) is 1. The fourth-order valence-corrected chi connectivity index (χ4v) is 2.14. The van der Waals surface area contributed by atoms with Crippen LogP contribution in [0.25, 0.3) is 0 Å². The monoisotopic (exact) mass is 289 g/mol. The summed E-state index contributed by atoms with van der Waals surface area (Å²) in [5.74, 6) is -0.441. The van der Waals surface area contributed by atoms with Crippen LogP contribution >= 0.6 is 11.6 Å². The minimum absolute atomic E-state index is 0.169. The molecule has 0 aromatic heterocycles. The molecule has 0 heterocycles. The first-order valence-electron chi connectivity index (χ1n) is 6.37. The molecule has 3 nitrogen and oxygen atoms in total. The topological polar surface area (TPSA) is 49.3 Å². The molecule has 0 aliphatic carbocycles. The van der Waals surface area contributed by atoms with Crippen molar-refractivity contribution in [2.75, 3.05) is 0 Å². The molecule has 2 unspecified atom stereocenters. The number of carbonyl (C=O) groups excluding carboxylic acids is 1. The van der Waals surface area contributed by atoms with Crippen LogP contribution < -0.4 is 5.32 Å². The Kier molecular flexibility index (Phi) is 4.77. The zero-order valence-corrected chi connectivity index (χ0v) is 11.8. The first-order valence-corrected chi connectivity index (χ1v) is 6.74. The van der Waals surface area contributed by atoms with Gasteiger partial charge in [0, 0.05) is 5.02 Å². The third kappa shape index (κ3) is 3.59. The summed E-state index contributed by atoms with van der Waals surface area (Å²) in [7, 11) is 0. The van der Waals surface area contributed by atoms with Crippen molar-refractivity contribution >= 4 is 17.5 Å². The van der Waals surface area contributed by atoms with Crippen LogP contribution in [0.15, 0.2) is 54.6 Å². The number of carbonyl (C=O) groups is 1. The molecule has 2 rings (SSSR count).